The number of nitrogens with zero attached hydrogens (tertiary/aromatic N) is 2. The minimum Gasteiger partial charge on any atom is -0.357 e. The number of hydrogen-bond acceptors (Lipinski definition) is 5. The molecule has 0 unspecified atom stereocenters. The standard InChI is InChI=1S/C19H24N4O3S/c1-14-5-7-16(11-17(14)22-27(2,25)26)19(24)21-13-15-6-8-18(20-12-15)23-9-3-4-10-23/h5-8,11-12,22H,3-4,9-10,13H2,1-2H3,(H,21,24). The number of pyridine rings is 1. The Hall–Kier alpha value is -2.61. The van der Waals surface area contributed by atoms with E-state index in [9.17, 15) is 13.2 Å². The zero-order chi connectivity index (χ0) is 19.4. The summed E-state index contributed by atoms with van der Waals surface area (Å²) < 4.78 is 25.3. The van der Waals surface area contributed by atoms with Gasteiger partial charge in [-0.15, -0.1) is 0 Å². The summed E-state index contributed by atoms with van der Waals surface area (Å²) in [6, 6.07) is 8.88. The van der Waals surface area contributed by atoms with Gasteiger partial charge in [0.15, 0.2) is 0 Å². The molecular weight excluding hydrogens is 364 g/mol. The van der Waals surface area contributed by atoms with Crippen LogP contribution < -0.4 is 14.9 Å². The van der Waals surface area contributed by atoms with Gasteiger partial charge in [0.25, 0.3) is 5.91 Å². The molecule has 3 rings (SSSR count). The third-order valence-corrected chi connectivity index (χ3v) is 5.08. The van der Waals surface area contributed by atoms with Crippen molar-refractivity contribution in [1.29, 1.82) is 0 Å². The summed E-state index contributed by atoms with van der Waals surface area (Å²) in [5.41, 5.74) is 2.46. The molecule has 1 aromatic heterocycles. The summed E-state index contributed by atoms with van der Waals surface area (Å²) in [6.45, 7) is 4.22. The molecule has 1 amide bonds. The Labute approximate surface area is 159 Å². The van der Waals surface area contributed by atoms with Crippen LogP contribution in [-0.2, 0) is 16.6 Å². The van der Waals surface area contributed by atoms with Crippen LogP contribution in [0.5, 0.6) is 0 Å². The Balaban J connectivity index is 1.62. The van der Waals surface area contributed by atoms with Crippen LogP contribution in [0.3, 0.4) is 0 Å². The zero-order valence-electron chi connectivity index (χ0n) is 15.5. The van der Waals surface area contributed by atoms with Gasteiger partial charge in [-0.25, -0.2) is 13.4 Å². The van der Waals surface area contributed by atoms with Gasteiger partial charge in [0.2, 0.25) is 10.0 Å². The maximum absolute atomic E-state index is 12.4. The van der Waals surface area contributed by atoms with Crippen molar-refractivity contribution in [3.05, 3.63) is 53.2 Å². The number of aromatic nitrogens is 1. The summed E-state index contributed by atoms with van der Waals surface area (Å²) in [7, 11) is -3.40. The molecular formula is C19H24N4O3S. The number of anilines is 2. The van der Waals surface area contributed by atoms with Gasteiger partial charge in [0.1, 0.15) is 5.82 Å². The minimum absolute atomic E-state index is 0.268. The van der Waals surface area contributed by atoms with Crippen molar-refractivity contribution in [3.63, 3.8) is 0 Å². The maximum Gasteiger partial charge on any atom is 0.251 e. The molecule has 8 heteroatoms. The lowest BCUT2D eigenvalue weighted by molar-refractivity contribution is 0.0951. The topological polar surface area (TPSA) is 91.4 Å². The maximum atomic E-state index is 12.4. The number of aryl methyl sites for hydroxylation is 1. The van der Waals surface area contributed by atoms with Crippen LogP contribution in [0.15, 0.2) is 36.5 Å². The van der Waals surface area contributed by atoms with Crippen molar-refractivity contribution in [3.8, 4) is 0 Å². The fraction of sp³-hybridized carbons (Fsp3) is 0.368. The van der Waals surface area contributed by atoms with E-state index in [-0.39, 0.29) is 5.91 Å². The smallest absolute Gasteiger partial charge is 0.251 e. The minimum atomic E-state index is -3.40. The van der Waals surface area contributed by atoms with Crippen LogP contribution in [0.4, 0.5) is 11.5 Å². The molecule has 0 saturated carbocycles. The van der Waals surface area contributed by atoms with E-state index in [2.05, 4.69) is 19.9 Å². The fourth-order valence-corrected chi connectivity index (χ4v) is 3.63. The zero-order valence-corrected chi connectivity index (χ0v) is 16.3. The van der Waals surface area contributed by atoms with Crippen LogP contribution in [-0.4, -0.2) is 38.7 Å². The Morgan fingerprint density at radius 3 is 2.56 bits per heavy atom. The van der Waals surface area contributed by atoms with Crippen LogP contribution >= 0.6 is 0 Å². The number of rotatable bonds is 6. The number of benzene rings is 1. The van der Waals surface area contributed by atoms with Crippen LogP contribution in [0, 0.1) is 6.92 Å². The van der Waals surface area contributed by atoms with E-state index in [4.69, 9.17) is 0 Å². The molecule has 1 aliphatic heterocycles. The van der Waals surface area contributed by atoms with Crippen molar-refractivity contribution in [1.82, 2.24) is 10.3 Å². The van der Waals surface area contributed by atoms with Gasteiger partial charge in [0.05, 0.1) is 11.9 Å². The Morgan fingerprint density at radius 2 is 1.93 bits per heavy atom. The predicted octanol–water partition coefficient (Wildman–Crippen LogP) is 2.29. The molecule has 0 bridgehead atoms. The van der Waals surface area contributed by atoms with Gasteiger partial charge in [-0.3, -0.25) is 9.52 Å². The first-order chi connectivity index (χ1) is 12.8. The molecule has 1 saturated heterocycles. The SMILES string of the molecule is Cc1ccc(C(=O)NCc2ccc(N3CCCC3)nc2)cc1NS(C)(=O)=O. The summed E-state index contributed by atoms with van der Waals surface area (Å²) in [5, 5.41) is 2.84. The second-order valence-electron chi connectivity index (χ2n) is 6.81. The van der Waals surface area contributed by atoms with E-state index in [1.54, 1.807) is 31.3 Å². The molecule has 0 spiro atoms. The average Bonchev–Trinajstić information content (AvgIpc) is 3.15. The number of carbonyl (C=O) groups excluding carboxylic acids is 1. The van der Waals surface area contributed by atoms with Crippen LogP contribution in [0.1, 0.15) is 34.3 Å². The highest BCUT2D eigenvalue weighted by Gasteiger charge is 2.14. The highest BCUT2D eigenvalue weighted by Crippen LogP contribution is 2.19. The van der Waals surface area contributed by atoms with Gasteiger partial charge in [-0.1, -0.05) is 12.1 Å². The number of hydrogen-bond donors (Lipinski definition) is 2. The van der Waals surface area contributed by atoms with Crippen LogP contribution in [0.25, 0.3) is 0 Å². The van der Waals surface area contributed by atoms with E-state index >= 15 is 0 Å². The monoisotopic (exact) mass is 388 g/mol. The van der Waals surface area contributed by atoms with Crippen molar-refractivity contribution in [2.75, 3.05) is 29.0 Å². The highest BCUT2D eigenvalue weighted by atomic mass is 32.2. The number of carbonyl (C=O) groups is 1. The summed E-state index contributed by atoms with van der Waals surface area (Å²) in [6.07, 6.45) is 5.26. The molecule has 1 aromatic carbocycles. The third kappa shape index (κ3) is 5.19. The molecule has 2 heterocycles. The Bertz CT molecular complexity index is 920. The largest absolute Gasteiger partial charge is 0.357 e. The van der Waals surface area contributed by atoms with Crippen molar-refractivity contribution >= 4 is 27.4 Å². The lowest BCUT2D eigenvalue weighted by atomic mass is 10.1. The first-order valence-electron chi connectivity index (χ1n) is 8.88. The normalized spacial score (nSPS) is 14.2. The predicted molar refractivity (Wildman–Crippen MR) is 106 cm³/mol. The molecule has 0 atom stereocenters. The summed E-state index contributed by atoms with van der Waals surface area (Å²) >= 11 is 0. The second-order valence-corrected chi connectivity index (χ2v) is 8.55. The number of sulfonamides is 1. The fourth-order valence-electron chi connectivity index (χ4n) is 3.01. The van der Waals surface area contributed by atoms with Crippen LogP contribution in [0.2, 0.25) is 0 Å². The molecule has 2 aromatic rings. The lowest BCUT2D eigenvalue weighted by Gasteiger charge is -2.16. The first-order valence-corrected chi connectivity index (χ1v) is 10.8. The molecule has 144 valence electrons. The Morgan fingerprint density at radius 1 is 1.19 bits per heavy atom. The van der Waals surface area contributed by atoms with E-state index in [0.717, 1.165) is 36.3 Å². The number of nitrogens with one attached hydrogen (secondary N) is 2. The lowest BCUT2D eigenvalue weighted by Crippen LogP contribution is -2.23. The van der Waals surface area contributed by atoms with Gasteiger partial charge < -0.3 is 10.2 Å². The van der Waals surface area contributed by atoms with E-state index in [1.807, 2.05) is 12.1 Å². The molecule has 2 N–H and O–H groups in total. The van der Waals surface area contributed by atoms with Crippen molar-refractivity contribution in [2.45, 2.75) is 26.3 Å². The second kappa shape index (κ2) is 7.96. The van der Waals surface area contributed by atoms with E-state index < -0.39 is 10.0 Å². The van der Waals surface area contributed by atoms with E-state index in [1.165, 1.54) is 12.8 Å². The van der Waals surface area contributed by atoms with Gasteiger partial charge in [0, 0.05) is 31.4 Å². The third-order valence-electron chi connectivity index (χ3n) is 4.49. The molecule has 27 heavy (non-hydrogen) atoms. The molecule has 0 radical (unpaired) electrons. The van der Waals surface area contributed by atoms with Gasteiger partial charge in [-0.2, -0.15) is 0 Å². The average molecular weight is 388 g/mol. The van der Waals surface area contributed by atoms with Crippen molar-refractivity contribution in [2.24, 2.45) is 0 Å². The molecule has 7 nitrogen and oxygen atoms in total. The van der Waals surface area contributed by atoms with Gasteiger partial charge in [-0.05, 0) is 49.1 Å². The summed E-state index contributed by atoms with van der Waals surface area (Å²) in [5.74, 6) is 0.702. The molecule has 1 fully saturated rings. The molecule has 0 aliphatic carbocycles. The molecule has 1 aliphatic rings. The highest BCUT2D eigenvalue weighted by molar-refractivity contribution is 7.92. The first kappa shape index (κ1) is 19.2. The summed E-state index contributed by atoms with van der Waals surface area (Å²) in [4.78, 5) is 19.1. The van der Waals surface area contributed by atoms with Crippen molar-refractivity contribution < 1.29 is 13.2 Å². The van der Waals surface area contributed by atoms with E-state index in [0.29, 0.717) is 17.8 Å². The number of amides is 1. The quantitative estimate of drug-likeness (QED) is 0.792. The Kier molecular flexibility index (Phi) is 5.65. The van der Waals surface area contributed by atoms with Gasteiger partial charge >= 0.3 is 0 Å².